The number of unbranched alkanes of at least 4 members (excludes halogenated alkanes) is 3. The van der Waals surface area contributed by atoms with E-state index < -0.39 is 5.97 Å². The Bertz CT molecular complexity index is 194. The summed E-state index contributed by atoms with van der Waals surface area (Å²) in [6, 6.07) is 0. The van der Waals surface area contributed by atoms with Crippen molar-refractivity contribution in [2.24, 2.45) is 5.92 Å². The van der Waals surface area contributed by atoms with Crippen molar-refractivity contribution < 1.29 is 9.90 Å². The van der Waals surface area contributed by atoms with Crippen molar-refractivity contribution in [3.05, 3.63) is 11.6 Å². The zero-order valence-electron chi connectivity index (χ0n) is 9.55. The van der Waals surface area contributed by atoms with Gasteiger partial charge < -0.3 is 5.11 Å². The van der Waals surface area contributed by atoms with E-state index in [9.17, 15) is 4.79 Å². The van der Waals surface area contributed by atoms with Crippen LogP contribution in [0.4, 0.5) is 0 Å². The summed E-state index contributed by atoms with van der Waals surface area (Å²) in [6.07, 6.45) is 7.44. The first-order chi connectivity index (χ1) is 6.57. The average Bonchev–Trinajstić information content (AvgIpc) is 2.11. The van der Waals surface area contributed by atoms with Gasteiger partial charge in [0, 0.05) is 6.08 Å². The molecule has 1 unspecified atom stereocenters. The third-order valence-electron chi connectivity index (χ3n) is 2.62. The molecule has 82 valence electrons. The summed E-state index contributed by atoms with van der Waals surface area (Å²) in [5, 5.41) is 8.57. The monoisotopic (exact) mass is 198 g/mol. The Kier molecular flexibility index (Phi) is 7.17. The molecule has 0 aliphatic rings. The predicted octanol–water partition coefficient (Wildman–Crippen LogP) is 3.62. The summed E-state index contributed by atoms with van der Waals surface area (Å²) in [7, 11) is 0. The highest BCUT2D eigenvalue weighted by molar-refractivity contribution is 5.80. The van der Waals surface area contributed by atoms with E-state index in [1.807, 2.05) is 6.92 Å². The van der Waals surface area contributed by atoms with Crippen LogP contribution in [0.3, 0.4) is 0 Å². The van der Waals surface area contributed by atoms with Gasteiger partial charge in [0.1, 0.15) is 0 Å². The summed E-state index contributed by atoms with van der Waals surface area (Å²) < 4.78 is 0. The zero-order chi connectivity index (χ0) is 11.0. The average molecular weight is 198 g/mol. The second-order valence-electron chi connectivity index (χ2n) is 3.98. The van der Waals surface area contributed by atoms with Crippen LogP contribution in [0.25, 0.3) is 0 Å². The molecule has 2 heteroatoms. The number of hydrogen-bond donors (Lipinski definition) is 1. The number of carbonyl (C=O) groups is 1. The molecular formula is C12H22O2. The smallest absolute Gasteiger partial charge is 0.328 e. The van der Waals surface area contributed by atoms with Gasteiger partial charge in [-0.3, -0.25) is 0 Å². The van der Waals surface area contributed by atoms with Gasteiger partial charge in [0.25, 0.3) is 0 Å². The van der Waals surface area contributed by atoms with E-state index in [1.54, 1.807) is 0 Å². The SMILES string of the molecule is CCCCCCC(C)C(C)=CC(=O)O. The lowest BCUT2D eigenvalue weighted by Gasteiger charge is -2.10. The predicted molar refractivity (Wildman–Crippen MR) is 59.3 cm³/mol. The molecule has 0 saturated heterocycles. The topological polar surface area (TPSA) is 37.3 Å². The van der Waals surface area contributed by atoms with E-state index in [0.29, 0.717) is 5.92 Å². The normalized spacial score (nSPS) is 14.1. The van der Waals surface area contributed by atoms with Crippen molar-refractivity contribution >= 4 is 5.97 Å². The van der Waals surface area contributed by atoms with E-state index in [2.05, 4.69) is 13.8 Å². The number of carboxylic acids is 1. The molecule has 0 bridgehead atoms. The highest BCUT2D eigenvalue weighted by Crippen LogP contribution is 2.17. The van der Waals surface area contributed by atoms with Gasteiger partial charge in [0.15, 0.2) is 0 Å². The van der Waals surface area contributed by atoms with Crippen molar-refractivity contribution in [1.82, 2.24) is 0 Å². The van der Waals surface area contributed by atoms with Crippen LogP contribution in [0.5, 0.6) is 0 Å². The Labute approximate surface area is 87.0 Å². The molecule has 0 fully saturated rings. The molecule has 2 nitrogen and oxygen atoms in total. The van der Waals surface area contributed by atoms with Gasteiger partial charge in [-0.2, -0.15) is 0 Å². The van der Waals surface area contributed by atoms with Crippen LogP contribution in [0.2, 0.25) is 0 Å². The fourth-order valence-electron chi connectivity index (χ4n) is 1.44. The standard InChI is InChI=1S/C12H22O2/c1-4-5-6-7-8-10(2)11(3)9-12(13)14/h9-10H,4-8H2,1-3H3,(H,13,14). The quantitative estimate of drug-likeness (QED) is 0.501. The first kappa shape index (κ1) is 13.2. The highest BCUT2D eigenvalue weighted by atomic mass is 16.4. The molecule has 0 rings (SSSR count). The maximum atomic E-state index is 10.4. The Morgan fingerprint density at radius 2 is 2.00 bits per heavy atom. The first-order valence-corrected chi connectivity index (χ1v) is 5.49. The highest BCUT2D eigenvalue weighted by Gasteiger charge is 2.05. The Balaban J connectivity index is 3.72. The number of carboxylic acid groups (broad SMARTS) is 1. The van der Waals surface area contributed by atoms with Crippen LogP contribution in [0.1, 0.15) is 52.9 Å². The van der Waals surface area contributed by atoms with Gasteiger partial charge >= 0.3 is 5.97 Å². The molecule has 0 radical (unpaired) electrons. The maximum absolute atomic E-state index is 10.4. The van der Waals surface area contributed by atoms with E-state index in [1.165, 1.54) is 31.8 Å². The Hall–Kier alpha value is -0.790. The zero-order valence-corrected chi connectivity index (χ0v) is 9.55. The molecule has 0 spiro atoms. The molecule has 0 aliphatic carbocycles. The van der Waals surface area contributed by atoms with Crippen molar-refractivity contribution in [2.45, 2.75) is 52.9 Å². The lowest BCUT2D eigenvalue weighted by molar-refractivity contribution is -0.131. The van der Waals surface area contributed by atoms with Crippen LogP contribution in [0.15, 0.2) is 11.6 Å². The van der Waals surface area contributed by atoms with E-state index in [4.69, 9.17) is 5.11 Å². The van der Waals surface area contributed by atoms with Gasteiger partial charge in [0.05, 0.1) is 0 Å². The minimum atomic E-state index is -0.831. The summed E-state index contributed by atoms with van der Waals surface area (Å²) in [5.41, 5.74) is 0.981. The molecule has 0 aromatic carbocycles. The van der Waals surface area contributed by atoms with Crippen LogP contribution < -0.4 is 0 Å². The van der Waals surface area contributed by atoms with Crippen LogP contribution >= 0.6 is 0 Å². The number of rotatable bonds is 7. The molecule has 14 heavy (non-hydrogen) atoms. The molecule has 1 N–H and O–H groups in total. The van der Waals surface area contributed by atoms with Gasteiger partial charge in [-0.15, -0.1) is 0 Å². The first-order valence-electron chi connectivity index (χ1n) is 5.49. The summed E-state index contributed by atoms with van der Waals surface area (Å²) >= 11 is 0. The summed E-state index contributed by atoms with van der Waals surface area (Å²) in [6.45, 7) is 6.19. The number of allylic oxidation sites excluding steroid dienone is 1. The fourth-order valence-corrected chi connectivity index (χ4v) is 1.44. The largest absolute Gasteiger partial charge is 0.478 e. The third-order valence-corrected chi connectivity index (χ3v) is 2.62. The summed E-state index contributed by atoms with van der Waals surface area (Å²) in [5.74, 6) is -0.425. The van der Waals surface area contributed by atoms with Gasteiger partial charge in [-0.05, 0) is 19.3 Å². The molecule has 1 atom stereocenters. The van der Waals surface area contributed by atoms with Gasteiger partial charge in [0.2, 0.25) is 0 Å². The molecular weight excluding hydrogens is 176 g/mol. The lowest BCUT2D eigenvalue weighted by Crippen LogP contribution is -2.00. The second kappa shape index (κ2) is 7.60. The molecule has 0 aromatic rings. The molecule has 0 saturated carbocycles. The fraction of sp³-hybridized carbons (Fsp3) is 0.750. The maximum Gasteiger partial charge on any atom is 0.328 e. The Morgan fingerprint density at radius 3 is 2.50 bits per heavy atom. The van der Waals surface area contributed by atoms with Crippen LogP contribution in [-0.4, -0.2) is 11.1 Å². The van der Waals surface area contributed by atoms with Crippen molar-refractivity contribution in [1.29, 1.82) is 0 Å². The molecule has 0 amide bonds. The van der Waals surface area contributed by atoms with Crippen LogP contribution in [-0.2, 0) is 4.79 Å². The Morgan fingerprint density at radius 1 is 1.36 bits per heavy atom. The minimum Gasteiger partial charge on any atom is -0.478 e. The third kappa shape index (κ3) is 6.70. The lowest BCUT2D eigenvalue weighted by atomic mass is 9.95. The molecule has 0 heterocycles. The minimum absolute atomic E-state index is 0.406. The van der Waals surface area contributed by atoms with E-state index in [0.717, 1.165) is 12.0 Å². The second-order valence-corrected chi connectivity index (χ2v) is 3.98. The molecule has 0 aliphatic heterocycles. The van der Waals surface area contributed by atoms with Crippen molar-refractivity contribution in [3.63, 3.8) is 0 Å². The number of aliphatic carboxylic acids is 1. The van der Waals surface area contributed by atoms with Gasteiger partial charge in [-0.1, -0.05) is 45.1 Å². The van der Waals surface area contributed by atoms with Gasteiger partial charge in [-0.25, -0.2) is 4.79 Å². The molecule has 0 aromatic heterocycles. The van der Waals surface area contributed by atoms with Crippen LogP contribution in [0, 0.1) is 5.92 Å². The summed E-state index contributed by atoms with van der Waals surface area (Å²) in [4.78, 5) is 10.4. The van der Waals surface area contributed by atoms with Crippen molar-refractivity contribution in [2.75, 3.05) is 0 Å². The number of hydrogen-bond acceptors (Lipinski definition) is 1. The van der Waals surface area contributed by atoms with E-state index >= 15 is 0 Å². The van der Waals surface area contributed by atoms with E-state index in [-0.39, 0.29) is 0 Å². The van der Waals surface area contributed by atoms with Crippen molar-refractivity contribution in [3.8, 4) is 0 Å².